The first-order chi connectivity index (χ1) is 14.5. The van der Waals surface area contributed by atoms with Gasteiger partial charge in [0.15, 0.2) is 5.13 Å². The Morgan fingerprint density at radius 1 is 1.27 bits per heavy atom. The van der Waals surface area contributed by atoms with Crippen molar-refractivity contribution in [1.82, 2.24) is 19.7 Å². The molecule has 1 aliphatic heterocycles. The summed E-state index contributed by atoms with van der Waals surface area (Å²) in [5.74, 6) is 0.176. The van der Waals surface area contributed by atoms with Crippen molar-refractivity contribution >= 4 is 32.6 Å². The van der Waals surface area contributed by atoms with Gasteiger partial charge in [-0.1, -0.05) is 23.5 Å². The first kappa shape index (κ1) is 20.8. The van der Waals surface area contributed by atoms with Crippen LogP contribution in [0.25, 0.3) is 10.2 Å². The number of aromatic nitrogens is 3. The molecule has 0 radical (unpaired) electrons. The van der Waals surface area contributed by atoms with Gasteiger partial charge in [-0.2, -0.15) is 0 Å². The van der Waals surface area contributed by atoms with E-state index in [1.54, 1.807) is 34.2 Å². The number of hydrogen-bond donors (Lipinski definition) is 0. The number of thiazole rings is 1. The molecule has 8 nitrogen and oxygen atoms in total. The molecule has 2 aromatic heterocycles. The Morgan fingerprint density at radius 3 is 2.70 bits per heavy atom. The van der Waals surface area contributed by atoms with E-state index in [4.69, 9.17) is 14.5 Å². The number of anilines is 1. The minimum Gasteiger partial charge on any atom is -0.479 e. The number of carbonyl (C=O) groups excluding carboxylic acids is 1. The van der Waals surface area contributed by atoms with Gasteiger partial charge in [-0.15, -0.1) is 5.10 Å². The Hall–Kier alpha value is -2.49. The second kappa shape index (κ2) is 8.71. The van der Waals surface area contributed by atoms with Crippen molar-refractivity contribution in [2.75, 3.05) is 51.4 Å². The van der Waals surface area contributed by atoms with Crippen LogP contribution in [0.1, 0.15) is 21.5 Å². The van der Waals surface area contributed by atoms with Gasteiger partial charge in [-0.25, -0.2) is 4.98 Å². The summed E-state index contributed by atoms with van der Waals surface area (Å²) in [6, 6.07) is 4.18. The molecule has 0 saturated carbocycles. The summed E-state index contributed by atoms with van der Waals surface area (Å²) >= 11 is 1.56. The van der Waals surface area contributed by atoms with E-state index in [1.165, 1.54) is 12.7 Å². The molecular weight excluding hydrogens is 402 g/mol. The topological polar surface area (TPSA) is 72.7 Å². The quantitative estimate of drug-likeness (QED) is 0.600. The Kier molecular flexibility index (Phi) is 6.03. The largest absolute Gasteiger partial charge is 0.479 e. The maximum atomic E-state index is 13.6. The highest BCUT2D eigenvalue weighted by Crippen LogP contribution is 2.34. The van der Waals surface area contributed by atoms with E-state index >= 15 is 0 Å². The number of aryl methyl sites for hydroxylation is 3. The molecule has 1 fully saturated rings. The van der Waals surface area contributed by atoms with Gasteiger partial charge in [0.25, 0.3) is 5.91 Å². The van der Waals surface area contributed by atoms with Crippen molar-refractivity contribution in [3.63, 3.8) is 0 Å². The molecule has 0 bridgehead atoms. The monoisotopic (exact) mass is 429 g/mol. The molecule has 1 aromatic carbocycles. The van der Waals surface area contributed by atoms with E-state index in [2.05, 4.69) is 36.0 Å². The van der Waals surface area contributed by atoms with Gasteiger partial charge in [0, 0.05) is 39.4 Å². The van der Waals surface area contributed by atoms with Crippen molar-refractivity contribution in [3.05, 3.63) is 35.0 Å². The van der Waals surface area contributed by atoms with Crippen LogP contribution in [0.2, 0.25) is 0 Å². The normalized spacial score (nSPS) is 14.9. The highest BCUT2D eigenvalue weighted by atomic mass is 32.1. The number of hydrogen-bond acceptors (Lipinski definition) is 7. The lowest BCUT2D eigenvalue weighted by molar-refractivity contribution is 0.0391. The molecule has 0 N–H and O–H groups in total. The number of rotatable bonds is 6. The van der Waals surface area contributed by atoms with Crippen LogP contribution in [-0.4, -0.2) is 72.1 Å². The van der Waals surface area contributed by atoms with Gasteiger partial charge in [0.05, 0.1) is 30.5 Å². The second-order valence-corrected chi connectivity index (χ2v) is 8.49. The SMILES string of the molecule is COc1nn(C)cc1C(=O)N(CCN1CCOCC1)c1nc2c(C)ccc(C)c2s1. The minimum absolute atomic E-state index is 0.150. The molecule has 1 saturated heterocycles. The van der Waals surface area contributed by atoms with Crippen LogP contribution in [0, 0.1) is 13.8 Å². The smallest absolute Gasteiger partial charge is 0.267 e. The van der Waals surface area contributed by atoms with Crippen molar-refractivity contribution < 1.29 is 14.3 Å². The first-order valence-electron chi connectivity index (χ1n) is 10.0. The highest BCUT2D eigenvalue weighted by molar-refractivity contribution is 7.22. The molecule has 0 unspecified atom stereocenters. The van der Waals surface area contributed by atoms with Crippen molar-refractivity contribution in [2.24, 2.45) is 7.05 Å². The predicted octanol–water partition coefficient (Wildman–Crippen LogP) is 2.63. The number of amides is 1. The van der Waals surface area contributed by atoms with Gasteiger partial charge in [-0.3, -0.25) is 19.3 Å². The Balaban J connectivity index is 1.70. The lowest BCUT2D eigenvalue weighted by atomic mass is 10.1. The molecule has 3 heterocycles. The molecule has 3 aromatic rings. The van der Waals surface area contributed by atoms with E-state index in [0.29, 0.717) is 23.1 Å². The standard InChI is InChI=1S/C21H27N5O3S/c1-14-5-6-15(2)18-17(14)22-21(30-18)26(8-7-25-9-11-29-12-10-25)20(27)16-13-24(3)23-19(16)28-4/h5-6,13H,7-12H2,1-4H3. The predicted molar refractivity (Wildman–Crippen MR) is 118 cm³/mol. The number of carbonyl (C=O) groups is 1. The van der Waals surface area contributed by atoms with Crippen molar-refractivity contribution in [3.8, 4) is 5.88 Å². The fraction of sp³-hybridized carbons (Fsp3) is 0.476. The van der Waals surface area contributed by atoms with Crippen LogP contribution < -0.4 is 9.64 Å². The number of methoxy groups -OCH3 is 1. The molecule has 0 spiro atoms. The number of fused-ring (bicyclic) bond motifs is 1. The van der Waals surface area contributed by atoms with Gasteiger partial charge in [-0.05, 0) is 25.0 Å². The average molecular weight is 430 g/mol. The van der Waals surface area contributed by atoms with E-state index in [1.807, 2.05) is 0 Å². The first-order valence-corrected chi connectivity index (χ1v) is 10.9. The van der Waals surface area contributed by atoms with Crippen LogP contribution in [0.15, 0.2) is 18.3 Å². The fourth-order valence-corrected chi connectivity index (χ4v) is 4.76. The zero-order valence-electron chi connectivity index (χ0n) is 17.8. The summed E-state index contributed by atoms with van der Waals surface area (Å²) in [5, 5.41) is 4.95. The number of nitrogens with zero attached hydrogens (tertiary/aromatic N) is 5. The molecule has 4 rings (SSSR count). The number of ether oxygens (including phenoxy) is 2. The van der Waals surface area contributed by atoms with Crippen molar-refractivity contribution in [2.45, 2.75) is 13.8 Å². The van der Waals surface area contributed by atoms with Gasteiger partial charge >= 0.3 is 0 Å². The summed E-state index contributed by atoms with van der Waals surface area (Å²) in [7, 11) is 3.31. The van der Waals surface area contributed by atoms with Crippen LogP contribution in [0.4, 0.5) is 5.13 Å². The lowest BCUT2D eigenvalue weighted by Crippen LogP contribution is -2.43. The minimum atomic E-state index is -0.150. The third kappa shape index (κ3) is 4.05. The molecule has 0 aliphatic carbocycles. The maximum Gasteiger partial charge on any atom is 0.267 e. The van der Waals surface area contributed by atoms with Gasteiger partial charge in [0.2, 0.25) is 5.88 Å². The average Bonchev–Trinajstić information content (AvgIpc) is 3.36. The summed E-state index contributed by atoms with van der Waals surface area (Å²) in [4.78, 5) is 22.5. The number of morpholine rings is 1. The Labute approximate surface area is 180 Å². The third-order valence-corrected chi connectivity index (χ3v) is 6.58. The maximum absolute atomic E-state index is 13.6. The van der Waals surface area contributed by atoms with Crippen LogP contribution in [0.3, 0.4) is 0 Å². The summed E-state index contributed by atoms with van der Waals surface area (Å²) < 4.78 is 13.5. The molecular formula is C21H27N5O3S. The molecule has 1 amide bonds. The molecule has 1 aliphatic rings. The molecule has 9 heteroatoms. The molecule has 0 atom stereocenters. The Bertz CT molecular complexity index is 1020. The molecule has 30 heavy (non-hydrogen) atoms. The summed E-state index contributed by atoms with van der Waals surface area (Å²) in [6.07, 6.45) is 1.70. The zero-order valence-corrected chi connectivity index (χ0v) is 18.7. The van der Waals surface area contributed by atoms with E-state index in [0.717, 1.165) is 48.6 Å². The van der Waals surface area contributed by atoms with Crippen molar-refractivity contribution in [1.29, 1.82) is 0 Å². The summed E-state index contributed by atoms with van der Waals surface area (Å²) in [5.41, 5.74) is 3.67. The lowest BCUT2D eigenvalue weighted by Gasteiger charge is -2.29. The van der Waals surface area contributed by atoms with Crippen LogP contribution in [-0.2, 0) is 11.8 Å². The van der Waals surface area contributed by atoms with E-state index in [-0.39, 0.29) is 5.91 Å². The number of benzene rings is 1. The van der Waals surface area contributed by atoms with E-state index in [9.17, 15) is 4.79 Å². The van der Waals surface area contributed by atoms with Crippen LogP contribution in [0.5, 0.6) is 5.88 Å². The molecule has 160 valence electrons. The summed E-state index contributed by atoms with van der Waals surface area (Å²) in [6.45, 7) is 8.61. The van der Waals surface area contributed by atoms with Crippen LogP contribution >= 0.6 is 11.3 Å². The van der Waals surface area contributed by atoms with Gasteiger partial charge < -0.3 is 9.47 Å². The second-order valence-electron chi connectivity index (χ2n) is 7.51. The van der Waals surface area contributed by atoms with Gasteiger partial charge in [0.1, 0.15) is 5.56 Å². The Morgan fingerprint density at radius 2 is 2.00 bits per heavy atom. The van der Waals surface area contributed by atoms with E-state index < -0.39 is 0 Å². The third-order valence-electron chi connectivity index (χ3n) is 5.37. The fourth-order valence-electron chi connectivity index (χ4n) is 3.62. The zero-order chi connectivity index (χ0) is 21.3. The highest BCUT2D eigenvalue weighted by Gasteiger charge is 2.27.